The maximum atomic E-state index is 11.5. The van der Waals surface area contributed by atoms with Crippen molar-refractivity contribution in [3.8, 4) is 6.07 Å². The molecule has 0 spiro atoms. The summed E-state index contributed by atoms with van der Waals surface area (Å²) in [6.07, 6.45) is 1.12. The molecule has 0 heterocycles. The van der Waals surface area contributed by atoms with Crippen molar-refractivity contribution in [2.75, 3.05) is 6.61 Å². The Labute approximate surface area is 100 Å². The summed E-state index contributed by atoms with van der Waals surface area (Å²) in [7, 11) is 0. The van der Waals surface area contributed by atoms with E-state index < -0.39 is 5.97 Å². The van der Waals surface area contributed by atoms with E-state index in [2.05, 4.69) is 0 Å². The smallest absolute Gasteiger partial charge is 0.352 e. The lowest BCUT2D eigenvalue weighted by Gasteiger charge is -2.03. The minimum atomic E-state index is -0.676. The predicted octanol–water partition coefficient (Wildman–Crippen LogP) is 2.17. The molecule has 0 amide bonds. The van der Waals surface area contributed by atoms with Gasteiger partial charge in [-0.25, -0.2) is 4.79 Å². The van der Waals surface area contributed by atoms with Gasteiger partial charge in [0, 0.05) is 0 Å². The molecule has 0 saturated heterocycles. The molecule has 88 valence electrons. The van der Waals surface area contributed by atoms with Gasteiger partial charge in [-0.3, -0.25) is 0 Å². The number of hydrogen-bond donors (Lipinski definition) is 0. The Balaban J connectivity index is 2.52. The van der Waals surface area contributed by atoms with Crippen molar-refractivity contribution in [1.82, 2.24) is 0 Å². The van der Waals surface area contributed by atoms with E-state index >= 15 is 0 Å². The molecule has 0 unspecified atom stereocenters. The normalized spacial score (nSPS) is 10.5. The number of carbonyl (C=O) groups excluding carboxylic acids is 1. The van der Waals surface area contributed by atoms with Gasteiger partial charge in [-0.1, -0.05) is 30.3 Å². The van der Waals surface area contributed by atoms with Gasteiger partial charge in [0.25, 0.3) is 0 Å². The summed E-state index contributed by atoms with van der Waals surface area (Å²) in [5.74, 6) is -0.676. The van der Waals surface area contributed by atoms with Crippen LogP contribution in [0, 0.1) is 11.3 Å². The molecule has 0 saturated carbocycles. The van der Waals surface area contributed by atoms with Crippen LogP contribution in [0.5, 0.6) is 0 Å². The molecule has 17 heavy (non-hydrogen) atoms. The van der Waals surface area contributed by atoms with E-state index in [4.69, 9.17) is 14.7 Å². The zero-order valence-electron chi connectivity index (χ0n) is 9.55. The van der Waals surface area contributed by atoms with Crippen molar-refractivity contribution in [3.63, 3.8) is 0 Å². The summed E-state index contributed by atoms with van der Waals surface area (Å²) in [6, 6.07) is 11.0. The lowest BCUT2D eigenvalue weighted by atomic mass is 10.2. The highest BCUT2D eigenvalue weighted by Crippen LogP contribution is 2.04. The Hall–Kier alpha value is -2.28. The van der Waals surface area contributed by atoms with E-state index in [9.17, 15) is 4.79 Å². The Kier molecular flexibility index (Phi) is 5.32. The largest absolute Gasteiger partial charge is 0.500 e. The van der Waals surface area contributed by atoms with Gasteiger partial charge in [0.1, 0.15) is 18.9 Å². The number of nitriles is 1. The number of nitrogens with zero attached hydrogens (tertiary/aromatic N) is 1. The minimum absolute atomic E-state index is 0.136. The first-order valence-corrected chi connectivity index (χ1v) is 5.20. The Morgan fingerprint density at radius 1 is 1.41 bits per heavy atom. The molecule has 0 aliphatic rings. The Bertz CT molecular complexity index is 432. The Morgan fingerprint density at radius 2 is 2.12 bits per heavy atom. The standard InChI is InChI=1S/C13H13NO3/c1-2-16-10-12(8-14)13(15)17-9-11-6-4-3-5-7-11/h3-7,10H,2,9H2,1H3. The number of benzene rings is 1. The van der Waals surface area contributed by atoms with Crippen LogP contribution in [0.15, 0.2) is 42.2 Å². The molecule has 0 aliphatic heterocycles. The maximum Gasteiger partial charge on any atom is 0.352 e. The molecular formula is C13H13NO3. The van der Waals surface area contributed by atoms with Crippen LogP contribution in [0.2, 0.25) is 0 Å². The highest BCUT2D eigenvalue weighted by molar-refractivity contribution is 5.92. The quantitative estimate of drug-likeness (QED) is 0.337. The molecule has 0 aliphatic carbocycles. The number of ether oxygens (including phenoxy) is 2. The molecule has 4 nitrogen and oxygen atoms in total. The van der Waals surface area contributed by atoms with E-state index in [0.717, 1.165) is 11.8 Å². The third-order valence-corrected chi connectivity index (χ3v) is 1.92. The summed E-state index contributed by atoms with van der Waals surface area (Å²) in [4.78, 5) is 11.5. The second kappa shape index (κ2) is 7.07. The van der Waals surface area contributed by atoms with Crippen LogP contribution in [0.25, 0.3) is 0 Å². The molecule has 4 heteroatoms. The van der Waals surface area contributed by atoms with Crippen LogP contribution in [0.4, 0.5) is 0 Å². The number of rotatable bonds is 5. The fraction of sp³-hybridized carbons (Fsp3) is 0.231. The zero-order chi connectivity index (χ0) is 12.5. The van der Waals surface area contributed by atoms with E-state index in [-0.39, 0.29) is 12.2 Å². The fourth-order valence-corrected chi connectivity index (χ4v) is 1.09. The first kappa shape index (κ1) is 12.8. The van der Waals surface area contributed by atoms with Crippen molar-refractivity contribution in [1.29, 1.82) is 5.26 Å². The summed E-state index contributed by atoms with van der Waals surface area (Å²) < 4.78 is 9.84. The highest BCUT2D eigenvalue weighted by atomic mass is 16.5. The van der Waals surface area contributed by atoms with Crippen LogP contribution >= 0.6 is 0 Å². The molecule has 0 aromatic heterocycles. The third kappa shape index (κ3) is 4.39. The summed E-state index contributed by atoms with van der Waals surface area (Å²) >= 11 is 0. The molecule has 1 aromatic rings. The maximum absolute atomic E-state index is 11.5. The van der Waals surface area contributed by atoms with Crippen LogP contribution < -0.4 is 0 Å². The molecule has 1 aromatic carbocycles. The van der Waals surface area contributed by atoms with E-state index in [0.29, 0.717) is 6.61 Å². The van der Waals surface area contributed by atoms with Crippen LogP contribution in [-0.4, -0.2) is 12.6 Å². The molecule has 0 fully saturated rings. The van der Waals surface area contributed by atoms with E-state index in [1.165, 1.54) is 0 Å². The van der Waals surface area contributed by atoms with Crippen LogP contribution in [0.1, 0.15) is 12.5 Å². The third-order valence-electron chi connectivity index (χ3n) is 1.92. The molecule has 0 atom stereocenters. The van der Waals surface area contributed by atoms with Gasteiger partial charge in [0.2, 0.25) is 0 Å². The first-order chi connectivity index (χ1) is 8.27. The molecule has 1 rings (SSSR count). The number of hydrogen-bond acceptors (Lipinski definition) is 4. The molecular weight excluding hydrogens is 218 g/mol. The number of carbonyl (C=O) groups is 1. The van der Waals surface area contributed by atoms with Crippen molar-refractivity contribution < 1.29 is 14.3 Å². The van der Waals surface area contributed by atoms with Gasteiger partial charge in [-0.2, -0.15) is 5.26 Å². The fourth-order valence-electron chi connectivity index (χ4n) is 1.09. The molecule has 0 bridgehead atoms. The summed E-state index contributed by atoms with van der Waals surface area (Å²) in [5, 5.41) is 8.72. The average molecular weight is 231 g/mol. The highest BCUT2D eigenvalue weighted by Gasteiger charge is 2.10. The SMILES string of the molecule is CCOC=C(C#N)C(=O)OCc1ccccc1. The van der Waals surface area contributed by atoms with E-state index in [1.54, 1.807) is 13.0 Å². The average Bonchev–Trinajstić information content (AvgIpc) is 2.38. The molecule has 0 radical (unpaired) electrons. The van der Waals surface area contributed by atoms with Crippen LogP contribution in [-0.2, 0) is 20.9 Å². The first-order valence-electron chi connectivity index (χ1n) is 5.20. The van der Waals surface area contributed by atoms with Gasteiger partial charge in [0.15, 0.2) is 5.57 Å². The lowest BCUT2D eigenvalue weighted by Crippen LogP contribution is -2.07. The van der Waals surface area contributed by atoms with Gasteiger partial charge >= 0.3 is 5.97 Å². The Morgan fingerprint density at radius 3 is 2.71 bits per heavy atom. The minimum Gasteiger partial charge on any atom is -0.500 e. The summed E-state index contributed by atoms with van der Waals surface area (Å²) in [6.45, 7) is 2.31. The van der Waals surface area contributed by atoms with Crippen LogP contribution in [0.3, 0.4) is 0 Å². The lowest BCUT2D eigenvalue weighted by molar-refractivity contribution is -0.139. The van der Waals surface area contributed by atoms with Crippen molar-refractivity contribution in [2.24, 2.45) is 0 Å². The second-order valence-electron chi connectivity index (χ2n) is 3.16. The van der Waals surface area contributed by atoms with Gasteiger partial charge in [-0.05, 0) is 12.5 Å². The van der Waals surface area contributed by atoms with E-state index in [1.807, 2.05) is 30.3 Å². The number of esters is 1. The van der Waals surface area contributed by atoms with Crippen molar-refractivity contribution >= 4 is 5.97 Å². The summed E-state index contributed by atoms with van der Waals surface area (Å²) in [5.41, 5.74) is 0.734. The molecule has 0 N–H and O–H groups in total. The monoisotopic (exact) mass is 231 g/mol. The van der Waals surface area contributed by atoms with Crippen molar-refractivity contribution in [3.05, 3.63) is 47.7 Å². The second-order valence-corrected chi connectivity index (χ2v) is 3.16. The predicted molar refractivity (Wildman–Crippen MR) is 61.6 cm³/mol. The van der Waals surface area contributed by atoms with Gasteiger partial charge in [0.05, 0.1) is 6.61 Å². The topological polar surface area (TPSA) is 59.3 Å². The zero-order valence-corrected chi connectivity index (χ0v) is 9.55. The van der Waals surface area contributed by atoms with Crippen molar-refractivity contribution in [2.45, 2.75) is 13.5 Å². The van der Waals surface area contributed by atoms with Gasteiger partial charge < -0.3 is 9.47 Å². The van der Waals surface area contributed by atoms with Gasteiger partial charge in [-0.15, -0.1) is 0 Å².